The summed E-state index contributed by atoms with van der Waals surface area (Å²) < 4.78 is 28.7. The first-order chi connectivity index (χ1) is 9.87. The summed E-state index contributed by atoms with van der Waals surface area (Å²) in [6.07, 6.45) is 2.28. The number of aryl methyl sites for hydroxylation is 1. The molecule has 0 atom stereocenters. The second-order valence-corrected chi connectivity index (χ2v) is 7.79. The van der Waals surface area contributed by atoms with Crippen LogP contribution in [0, 0.1) is 19.8 Å². The lowest BCUT2D eigenvalue weighted by molar-refractivity contribution is 0.451. The highest BCUT2D eigenvalue weighted by Crippen LogP contribution is 2.32. The Balaban J connectivity index is 2.21. The van der Waals surface area contributed by atoms with Crippen LogP contribution < -0.4 is 5.32 Å². The van der Waals surface area contributed by atoms with Crippen LogP contribution in [0.25, 0.3) is 0 Å². The number of aromatic nitrogens is 2. The van der Waals surface area contributed by atoms with Gasteiger partial charge in [0.25, 0.3) is 0 Å². The fourth-order valence-electron chi connectivity index (χ4n) is 2.55. The Kier molecular flexibility index (Phi) is 5.06. The van der Waals surface area contributed by atoms with Gasteiger partial charge >= 0.3 is 0 Å². The summed E-state index contributed by atoms with van der Waals surface area (Å²) in [6.45, 7) is 8.64. The molecule has 0 radical (unpaired) electrons. The van der Waals surface area contributed by atoms with Crippen molar-refractivity contribution in [3.63, 3.8) is 0 Å². The van der Waals surface area contributed by atoms with Crippen molar-refractivity contribution in [2.75, 3.05) is 26.7 Å². The fourth-order valence-corrected chi connectivity index (χ4v) is 4.16. The Morgan fingerprint density at radius 3 is 2.62 bits per heavy atom. The average molecular weight is 314 g/mol. The maximum atomic E-state index is 12.7. The summed E-state index contributed by atoms with van der Waals surface area (Å²) in [4.78, 5) is 0.377. The van der Waals surface area contributed by atoms with Crippen molar-refractivity contribution in [2.24, 2.45) is 5.92 Å². The second-order valence-electron chi connectivity index (χ2n) is 5.81. The van der Waals surface area contributed by atoms with Gasteiger partial charge < -0.3 is 5.32 Å². The third-order valence-electron chi connectivity index (χ3n) is 3.95. The van der Waals surface area contributed by atoms with Crippen molar-refractivity contribution in [1.29, 1.82) is 0 Å². The van der Waals surface area contributed by atoms with Crippen LogP contribution in [0.4, 0.5) is 0 Å². The molecule has 0 spiro atoms. The van der Waals surface area contributed by atoms with Crippen LogP contribution in [-0.4, -0.2) is 49.2 Å². The molecule has 1 aromatic rings. The van der Waals surface area contributed by atoms with E-state index in [1.54, 1.807) is 18.7 Å². The molecule has 1 aliphatic carbocycles. The first kappa shape index (κ1) is 16.5. The predicted molar refractivity (Wildman–Crippen MR) is 82.8 cm³/mol. The molecule has 0 bridgehead atoms. The van der Waals surface area contributed by atoms with Gasteiger partial charge in [0.15, 0.2) is 0 Å². The summed E-state index contributed by atoms with van der Waals surface area (Å²) in [5, 5.41) is 7.62. The number of hydrogen-bond donors (Lipinski definition) is 1. The molecule has 0 unspecified atom stereocenters. The summed E-state index contributed by atoms with van der Waals surface area (Å²) in [6, 6.07) is 0. The average Bonchev–Trinajstić information content (AvgIpc) is 3.16. The Morgan fingerprint density at radius 2 is 2.05 bits per heavy atom. The van der Waals surface area contributed by atoms with E-state index in [0.29, 0.717) is 29.6 Å². The summed E-state index contributed by atoms with van der Waals surface area (Å²) in [7, 11) is -1.77. The fraction of sp³-hybridized carbons (Fsp3) is 0.786. The zero-order chi connectivity index (χ0) is 15.6. The first-order valence-corrected chi connectivity index (χ1v) is 9.03. The topological polar surface area (TPSA) is 67.2 Å². The molecule has 7 heteroatoms. The predicted octanol–water partition coefficient (Wildman–Crippen LogP) is 1.14. The van der Waals surface area contributed by atoms with E-state index in [-0.39, 0.29) is 0 Å². The minimum Gasteiger partial charge on any atom is -0.315 e. The van der Waals surface area contributed by atoms with Crippen LogP contribution in [0.2, 0.25) is 0 Å². The van der Waals surface area contributed by atoms with Crippen LogP contribution in [-0.2, 0) is 16.6 Å². The zero-order valence-electron chi connectivity index (χ0n) is 13.4. The maximum absolute atomic E-state index is 12.7. The molecule has 0 aliphatic heterocycles. The molecule has 1 fully saturated rings. The molecule has 21 heavy (non-hydrogen) atoms. The van der Waals surface area contributed by atoms with Gasteiger partial charge in [-0.2, -0.15) is 5.10 Å². The van der Waals surface area contributed by atoms with Crippen LogP contribution >= 0.6 is 0 Å². The van der Waals surface area contributed by atoms with Crippen molar-refractivity contribution in [3.05, 3.63) is 11.4 Å². The number of nitrogens with one attached hydrogen (secondary N) is 1. The van der Waals surface area contributed by atoms with E-state index in [1.807, 2.05) is 13.8 Å². The van der Waals surface area contributed by atoms with Crippen LogP contribution in [0.15, 0.2) is 4.90 Å². The smallest absolute Gasteiger partial charge is 0.246 e. The molecular weight excluding hydrogens is 288 g/mol. The van der Waals surface area contributed by atoms with Crippen molar-refractivity contribution >= 4 is 10.0 Å². The Labute approximate surface area is 127 Å². The van der Waals surface area contributed by atoms with Gasteiger partial charge in [-0.3, -0.25) is 4.68 Å². The molecule has 1 N–H and O–H groups in total. The minimum absolute atomic E-state index is 0.377. The molecule has 120 valence electrons. The number of nitrogens with zero attached hydrogens (tertiary/aromatic N) is 3. The lowest BCUT2D eigenvalue weighted by Gasteiger charge is -2.17. The number of sulfonamides is 1. The van der Waals surface area contributed by atoms with E-state index in [4.69, 9.17) is 0 Å². The molecular formula is C14H26N4O2S. The van der Waals surface area contributed by atoms with Crippen molar-refractivity contribution in [2.45, 2.75) is 45.1 Å². The summed E-state index contributed by atoms with van der Waals surface area (Å²) in [5.74, 6) is 0.536. The normalized spacial score (nSPS) is 15.9. The lowest BCUT2D eigenvalue weighted by atomic mass is 10.4. The molecule has 1 aromatic heterocycles. The van der Waals surface area contributed by atoms with E-state index >= 15 is 0 Å². The van der Waals surface area contributed by atoms with Crippen LogP contribution in [0.5, 0.6) is 0 Å². The van der Waals surface area contributed by atoms with E-state index < -0.39 is 10.0 Å². The Bertz CT molecular complexity index is 590. The van der Waals surface area contributed by atoms with E-state index in [0.717, 1.165) is 31.6 Å². The second kappa shape index (κ2) is 6.46. The highest BCUT2D eigenvalue weighted by atomic mass is 32.2. The molecule has 0 amide bonds. The largest absolute Gasteiger partial charge is 0.315 e. The van der Waals surface area contributed by atoms with Crippen molar-refractivity contribution in [3.8, 4) is 0 Å². The van der Waals surface area contributed by atoms with Crippen LogP contribution in [0.3, 0.4) is 0 Å². The van der Waals surface area contributed by atoms with Crippen molar-refractivity contribution < 1.29 is 8.42 Å². The standard InChI is InChI=1S/C14H26N4O2S/c1-5-15-8-9-18-12(3)14(11(2)16-18)21(19,20)17(4)10-13-6-7-13/h13,15H,5-10H2,1-4H3. The molecule has 6 nitrogen and oxygen atoms in total. The van der Waals surface area contributed by atoms with E-state index in [2.05, 4.69) is 10.4 Å². The molecule has 1 saturated carbocycles. The molecule has 0 saturated heterocycles. The molecule has 1 aliphatic rings. The highest BCUT2D eigenvalue weighted by Gasteiger charge is 2.32. The van der Waals surface area contributed by atoms with E-state index in [1.165, 1.54) is 4.31 Å². The summed E-state index contributed by atoms with van der Waals surface area (Å²) in [5.41, 5.74) is 1.32. The molecule has 2 rings (SSSR count). The van der Waals surface area contributed by atoms with Gasteiger partial charge in [0.2, 0.25) is 10.0 Å². The van der Waals surface area contributed by atoms with Gasteiger partial charge in [0, 0.05) is 20.1 Å². The van der Waals surface area contributed by atoms with Gasteiger partial charge in [-0.05, 0) is 39.2 Å². The SMILES string of the molecule is CCNCCn1nc(C)c(S(=O)(=O)N(C)CC2CC2)c1C. The number of likely N-dealkylation sites (N-methyl/N-ethyl adjacent to an activating group) is 1. The van der Waals surface area contributed by atoms with E-state index in [9.17, 15) is 8.42 Å². The quantitative estimate of drug-likeness (QED) is 0.731. The van der Waals surface area contributed by atoms with Gasteiger partial charge in [0.1, 0.15) is 4.90 Å². The Hall–Kier alpha value is -0.920. The highest BCUT2D eigenvalue weighted by molar-refractivity contribution is 7.89. The van der Waals surface area contributed by atoms with Crippen molar-refractivity contribution in [1.82, 2.24) is 19.4 Å². The first-order valence-electron chi connectivity index (χ1n) is 7.59. The molecule has 0 aromatic carbocycles. The van der Waals surface area contributed by atoms with Gasteiger partial charge in [-0.25, -0.2) is 12.7 Å². The summed E-state index contributed by atoms with van der Waals surface area (Å²) >= 11 is 0. The zero-order valence-corrected chi connectivity index (χ0v) is 14.2. The number of rotatable bonds is 8. The maximum Gasteiger partial charge on any atom is 0.246 e. The minimum atomic E-state index is -3.44. The third-order valence-corrected chi connectivity index (χ3v) is 6.02. The monoisotopic (exact) mass is 314 g/mol. The molecule has 1 heterocycles. The Morgan fingerprint density at radius 1 is 1.38 bits per heavy atom. The number of hydrogen-bond acceptors (Lipinski definition) is 4. The van der Waals surface area contributed by atoms with Gasteiger partial charge in [0.05, 0.1) is 17.9 Å². The van der Waals surface area contributed by atoms with Gasteiger partial charge in [-0.1, -0.05) is 6.92 Å². The lowest BCUT2D eigenvalue weighted by Crippen LogP contribution is -2.29. The van der Waals surface area contributed by atoms with Gasteiger partial charge in [-0.15, -0.1) is 0 Å². The third kappa shape index (κ3) is 3.64. The van der Waals surface area contributed by atoms with Crippen LogP contribution in [0.1, 0.15) is 31.2 Å².